The number of rotatable bonds is 2. The van der Waals surface area contributed by atoms with Crippen LogP contribution in [0.5, 0.6) is 0 Å². The van der Waals surface area contributed by atoms with E-state index in [1.54, 1.807) is 0 Å². The van der Waals surface area contributed by atoms with Crippen LogP contribution in [-0.4, -0.2) is 6.54 Å². The molecule has 3 rings (SSSR count). The second-order valence-electron chi connectivity index (χ2n) is 5.27. The van der Waals surface area contributed by atoms with Crippen LogP contribution in [0.4, 0.5) is 11.4 Å². The zero-order chi connectivity index (χ0) is 14.1. The smallest absolute Gasteiger partial charge is 0.0646 e. The average Bonchev–Trinajstić information content (AvgIpc) is 2.46. The van der Waals surface area contributed by atoms with Gasteiger partial charge in [0.1, 0.15) is 0 Å². The van der Waals surface area contributed by atoms with Crippen LogP contribution in [-0.2, 0) is 12.3 Å². The second kappa shape index (κ2) is 5.67. The van der Waals surface area contributed by atoms with Gasteiger partial charge >= 0.3 is 0 Å². The number of alkyl halides is 1. The Balaban J connectivity index is 2.14. The molecule has 0 aliphatic carbocycles. The number of hydrogen-bond donors (Lipinski definition) is 0. The summed E-state index contributed by atoms with van der Waals surface area (Å²) in [6, 6.07) is 12.6. The van der Waals surface area contributed by atoms with Crippen molar-refractivity contribution in [2.24, 2.45) is 0 Å². The van der Waals surface area contributed by atoms with Crippen LogP contribution in [0.1, 0.15) is 23.1 Å². The van der Waals surface area contributed by atoms with Crippen LogP contribution in [0.25, 0.3) is 0 Å². The van der Waals surface area contributed by atoms with Gasteiger partial charge in [0.05, 0.1) is 10.7 Å². The van der Waals surface area contributed by atoms with Gasteiger partial charge in [0, 0.05) is 18.1 Å². The van der Waals surface area contributed by atoms with Crippen molar-refractivity contribution in [2.75, 3.05) is 11.4 Å². The first-order valence-corrected chi connectivity index (χ1v) is 7.82. The highest BCUT2D eigenvalue weighted by Gasteiger charge is 2.22. The lowest BCUT2D eigenvalue weighted by Crippen LogP contribution is -2.25. The quantitative estimate of drug-likeness (QED) is 0.665. The van der Waals surface area contributed by atoms with Crippen LogP contribution in [0.15, 0.2) is 36.4 Å². The molecule has 1 nitrogen and oxygen atoms in total. The molecule has 1 aliphatic heterocycles. The lowest BCUT2D eigenvalue weighted by molar-refractivity contribution is 0.764. The second-order valence-corrected chi connectivity index (χ2v) is 5.94. The molecule has 2 aromatic rings. The number of para-hydroxylation sites is 1. The van der Waals surface area contributed by atoms with Crippen LogP contribution < -0.4 is 4.90 Å². The van der Waals surface area contributed by atoms with Gasteiger partial charge in [0.2, 0.25) is 0 Å². The molecule has 2 aromatic carbocycles. The maximum Gasteiger partial charge on any atom is 0.0646 e. The van der Waals surface area contributed by atoms with E-state index in [1.165, 1.54) is 16.8 Å². The van der Waals surface area contributed by atoms with E-state index in [2.05, 4.69) is 36.1 Å². The van der Waals surface area contributed by atoms with Gasteiger partial charge in [0.25, 0.3) is 0 Å². The summed E-state index contributed by atoms with van der Waals surface area (Å²) in [7, 11) is 0. The number of fused-ring (bicyclic) bond motifs is 1. The summed E-state index contributed by atoms with van der Waals surface area (Å²) in [5.41, 5.74) is 6.13. The number of aryl methyl sites for hydroxylation is 2. The highest BCUT2D eigenvalue weighted by Crippen LogP contribution is 2.40. The largest absolute Gasteiger partial charge is 0.340 e. The third-order valence-electron chi connectivity index (χ3n) is 3.84. The minimum atomic E-state index is 0.480. The summed E-state index contributed by atoms with van der Waals surface area (Å²) in [6.45, 7) is 3.13. The minimum absolute atomic E-state index is 0.480. The fourth-order valence-electron chi connectivity index (χ4n) is 2.93. The molecule has 0 radical (unpaired) electrons. The van der Waals surface area contributed by atoms with Crippen LogP contribution >= 0.6 is 23.2 Å². The number of anilines is 2. The maximum absolute atomic E-state index is 6.44. The number of nitrogens with zero attached hydrogens (tertiary/aromatic N) is 1. The number of halogens is 2. The van der Waals surface area contributed by atoms with Crippen molar-refractivity contribution in [3.05, 3.63) is 58.1 Å². The Morgan fingerprint density at radius 1 is 1.20 bits per heavy atom. The highest BCUT2D eigenvalue weighted by molar-refractivity contribution is 6.33. The van der Waals surface area contributed by atoms with Gasteiger partial charge in [-0.2, -0.15) is 0 Å². The monoisotopic (exact) mass is 305 g/mol. The van der Waals surface area contributed by atoms with Crippen molar-refractivity contribution in [2.45, 2.75) is 25.6 Å². The van der Waals surface area contributed by atoms with Crippen molar-refractivity contribution < 1.29 is 0 Å². The van der Waals surface area contributed by atoms with E-state index in [1.807, 2.05) is 12.1 Å². The zero-order valence-corrected chi connectivity index (χ0v) is 13.0. The van der Waals surface area contributed by atoms with Crippen LogP contribution in [0.2, 0.25) is 5.02 Å². The molecule has 0 atom stereocenters. The van der Waals surface area contributed by atoms with Gasteiger partial charge in [-0.3, -0.25) is 0 Å². The van der Waals surface area contributed by atoms with E-state index in [0.29, 0.717) is 5.88 Å². The summed E-state index contributed by atoms with van der Waals surface area (Å²) in [5.74, 6) is 0.480. The first-order valence-electron chi connectivity index (χ1n) is 6.91. The topological polar surface area (TPSA) is 3.24 Å². The van der Waals surface area contributed by atoms with E-state index in [4.69, 9.17) is 23.2 Å². The standard InChI is InChI=1S/C17H17Cl2N/c1-12-7-8-16-13(10-12)5-3-9-20(16)17-14(11-18)4-2-6-15(17)19/h2,4,6-8,10H,3,5,9,11H2,1H3. The molecule has 0 bridgehead atoms. The van der Waals surface area contributed by atoms with E-state index >= 15 is 0 Å². The van der Waals surface area contributed by atoms with Gasteiger partial charge in [0.15, 0.2) is 0 Å². The van der Waals surface area contributed by atoms with Gasteiger partial charge in [-0.15, -0.1) is 11.6 Å². The van der Waals surface area contributed by atoms with Gasteiger partial charge in [-0.05, 0) is 43.0 Å². The fourth-order valence-corrected chi connectivity index (χ4v) is 3.44. The zero-order valence-electron chi connectivity index (χ0n) is 11.5. The molecule has 0 aromatic heterocycles. The molecular formula is C17H17Cl2N. The molecule has 1 aliphatic rings. The summed E-state index contributed by atoms with van der Waals surface area (Å²) in [5, 5.41) is 0.775. The predicted octanol–water partition coefficient (Wildman–Crippen LogP) is 5.47. The Kier molecular flexibility index (Phi) is 3.91. The Morgan fingerprint density at radius 2 is 2.05 bits per heavy atom. The number of hydrogen-bond acceptors (Lipinski definition) is 1. The molecule has 104 valence electrons. The predicted molar refractivity (Wildman–Crippen MR) is 87.5 cm³/mol. The third-order valence-corrected chi connectivity index (χ3v) is 4.43. The SMILES string of the molecule is Cc1ccc2c(c1)CCCN2c1c(Cl)cccc1CCl. The summed E-state index contributed by atoms with van der Waals surface area (Å²) in [6.07, 6.45) is 2.28. The first kappa shape index (κ1) is 13.8. The highest BCUT2D eigenvalue weighted by atomic mass is 35.5. The summed E-state index contributed by atoms with van der Waals surface area (Å²) < 4.78 is 0. The van der Waals surface area contributed by atoms with Crippen molar-refractivity contribution in [3.8, 4) is 0 Å². The van der Waals surface area contributed by atoms with Crippen molar-refractivity contribution in [3.63, 3.8) is 0 Å². The van der Waals surface area contributed by atoms with Crippen molar-refractivity contribution in [1.29, 1.82) is 0 Å². The van der Waals surface area contributed by atoms with Crippen LogP contribution in [0, 0.1) is 6.92 Å². The molecule has 0 spiro atoms. The summed E-state index contributed by atoms with van der Waals surface area (Å²) in [4.78, 5) is 2.32. The fraction of sp³-hybridized carbons (Fsp3) is 0.294. The molecule has 3 heteroatoms. The van der Waals surface area contributed by atoms with Crippen LogP contribution in [0.3, 0.4) is 0 Å². The number of benzene rings is 2. The molecule has 0 unspecified atom stereocenters. The Hall–Kier alpha value is -1.18. The molecule has 1 heterocycles. The Morgan fingerprint density at radius 3 is 2.85 bits per heavy atom. The van der Waals surface area contributed by atoms with Gasteiger partial charge in [-0.25, -0.2) is 0 Å². The Bertz CT molecular complexity index is 637. The first-order chi connectivity index (χ1) is 9.70. The minimum Gasteiger partial charge on any atom is -0.340 e. The average molecular weight is 306 g/mol. The van der Waals surface area contributed by atoms with E-state index in [0.717, 1.165) is 35.7 Å². The van der Waals surface area contributed by atoms with E-state index in [9.17, 15) is 0 Å². The molecule has 0 saturated carbocycles. The molecule has 0 fully saturated rings. The molecule has 0 saturated heterocycles. The third kappa shape index (κ3) is 2.41. The molecule has 0 amide bonds. The van der Waals surface area contributed by atoms with E-state index in [-0.39, 0.29) is 0 Å². The van der Waals surface area contributed by atoms with Crippen molar-refractivity contribution >= 4 is 34.6 Å². The Labute approximate surface area is 130 Å². The lowest BCUT2D eigenvalue weighted by atomic mass is 9.98. The lowest BCUT2D eigenvalue weighted by Gasteiger charge is -2.33. The van der Waals surface area contributed by atoms with Gasteiger partial charge < -0.3 is 4.90 Å². The van der Waals surface area contributed by atoms with E-state index < -0.39 is 0 Å². The molecular weight excluding hydrogens is 289 g/mol. The van der Waals surface area contributed by atoms with Crippen molar-refractivity contribution in [1.82, 2.24) is 0 Å². The molecule has 0 N–H and O–H groups in total. The van der Waals surface area contributed by atoms with Gasteiger partial charge in [-0.1, -0.05) is 41.4 Å². The summed E-state index contributed by atoms with van der Waals surface area (Å²) >= 11 is 12.5. The molecule has 20 heavy (non-hydrogen) atoms. The normalized spacial score (nSPS) is 14.2. The maximum atomic E-state index is 6.44.